The third-order valence-electron chi connectivity index (χ3n) is 3.80. The van der Waals surface area contributed by atoms with Crippen molar-refractivity contribution in [3.63, 3.8) is 0 Å². The fourth-order valence-corrected chi connectivity index (χ4v) is 2.42. The molecule has 0 aliphatic rings. The van der Waals surface area contributed by atoms with Crippen LogP contribution in [0.5, 0.6) is 5.75 Å². The van der Waals surface area contributed by atoms with Gasteiger partial charge in [0.05, 0.1) is 24.9 Å². The van der Waals surface area contributed by atoms with Crippen LogP contribution in [0.1, 0.15) is 41.3 Å². The monoisotopic (exact) mass is 338 g/mol. The average molecular weight is 338 g/mol. The zero-order chi connectivity index (χ0) is 18.2. The first-order valence-electron chi connectivity index (χ1n) is 8.23. The summed E-state index contributed by atoms with van der Waals surface area (Å²) in [4.78, 5) is 24.9. The fourth-order valence-electron chi connectivity index (χ4n) is 2.42. The Kier molecular flexibility index (Phi) is 6.52. The van der Waals surface area contributed by atoms with E-state index in [1.54, 1.807) is 42.5 Å². The number of rotatable bonds is 8. The van der Waals surface area contributed by atoms with E-state index in [-0.39, 0.29) is 11.4 Å². The molecule has 0 aliphatic heterocycles. The molecule has 0 fully saturated rings. The van der Waals surface area contributed by atoms with Gasteiger partial charge in [-0.25, -0.2) is 4.79 Å². The van der Waals surface area contributed by atoms with Gasteiger partial charge in [0.2, 0.25) is 0 Å². The topological polar surface area (TPSA) is 52.6 Å². The van der Waals surface area contributed by atoms with Gasteiger partial charge < -0.3 is 9.47 Å². The Hall–Kier alpha value is -2.88. The van der Waals surface area contributed by atoms with E-state index in [4.69, 9.17) is 9.47 Å². The first kappa shape index (κ1) is 18.5. The Balaban J connectivity index is 2.33. The summed E-state index contributed by atoms with van der Waals surface area (Å²) in [5.41, 5.74) is 1.57. The van der Waals surface area contributed by atoms with E-state index in [0.29, 0.717) is 29.0 Å². The van der Waals surface area contributed by atoms with Crippen molar-refractivity contribution < 1.29 is 19.1 Å². The van der Waals surface area contributed by atoms with Crippen LogP contribution in [-0.4, -0.2) is 25.5 Å². The standard InChI is InChI=1S/C21H22O4/c1-4-5-14-25-21(23)15(2)17-12-9-13-18(20(17)24-3)19(22)16-10-7-6-8-11-16/h6-13H,2,4-5,14H2,1,3H3. The summed E-state index contributed by atoms with van der Waals surface area (Å²) < 4.78 is 10.6. The lowest BCUT2D eigenvalue weighted by Gasteiger charge is -2.14. The van der Waals surface area contributed by atoms with Gasteiger partial charge in [0.1, 0.15) is 5.75 Å². The van der Waals surface area contributed by atoms with Crippen molar-refractivity contribution in [2.75, 3.05) is 13.7 Å². The van der Waals surface area contributed by atoms with Crippen LogP contribution in [-0.2, 0) is 9.53 Å². The normalized spacial score (nSPS) is 10.2. The first-order chi connectivity index (χ1) is 12.1. The Labute approximate surface area is 148 Å². The number of benzene rings is 2. The Bertz CT molecular complexity index is 763. The molecule has 25 heavy (non-hydrogen) atoms. The van der Waals surface area contributed by atoms with Gasteiger partial charge in [-0.2, -0.15) is 0 Å². The Morgan fingerprint density at radius 1 is 1.00 bits per heavy atom. The van der Waals surface area contributed by atoms with Gasteiger partial charge in [-0.3, -0.25) is 4.79 Å². The van der Waals surface area contributed by atoms with Crippen LogP contribution in [0.25, 0.3) is 5.57 Å². The van der Waals surface area contributed by atoms with Gasteiger partial charge in [0.25, 0.3) is 0 Å². The molecule has 2 rings (SSSR count). The number of unbranched alkanes of at least 4 members (excludes halogenated alkanes) is 1. The summed E-state index contributed by atoms with van der Waals surface area (Å²) in [6.45, 7) is 6.18. The molecule has 130 valence electrons. The Morgan fingerprint density at radius 3 is 2.32 bits per heavy atom. The lowest BCUT2D eigenvalue weighted by molar-refractivity contribution is -0.136. The van der Waals surface area contributed by atoms with E-state index in [0.717, 1.165) is 12.8 Å². The molecule has 0 unspecified atom stereocenters. The minimum Gasteiger partial charge on any atom is -0.495 e. The van der Waals surface area contributed by atoms with E-state index < -0.39 is 5.97 Å². The van der Waals surface area contributed by atoms with Crippen LogP contribution in [0.4, 0.5) is 0 Å². The third-order valence-corrected chi connectivity index (χ3v) is 3.80. The van der Waals surface area contributed by atoms with Crippen LogP contribution in [0.15, 0.2) is 55.1 Å². The minimum absolute atomic E-state index is 0.175. The molecular weight excluding hydrogens is 316 g/mol. The number of para-hydroxylation sites is 1. The maximum Gasteiger partial charge on any atom is 0.338 e. The van der Waals surface area contributed by atoms with Crippen molar-refractivity contribution >= 4 is 17.3 Å². The molecular formula is C21H22O4. The highest BCUT2D eigenvalue weighted by molar-refractivity contribution is 6.18. The molecule has 0 aliphatic carbocycles. The predicted molar refractivity (Wildman–Crippen MR) is 97.8 cm³/mol. The lowest BCUT2D eigenvalue weighted by Crippen LogP contribution is -2.10. The largest absolute Gasteiger partial charge is 0.495 e. The molecule has 4 nitrogen and oxygen atoms in total. The van der Waals surface area contributed by atoms with E-state index in [1.165, 1.54) is 7.11 Å². The molecule has 2 aromatic rings. The van der Waals surface area contributed by atoms with Gasteiger partial charge in [-0.1, -0.05) is 62.4 Å². The second-order valence-corrected chi connectivity index (χ2v) is 5.55. The number of carbonyl (C=O) groups is 2. The second-order valence-electron chi connectivity index (χ2n) is 5.55. The highest BCUT2D eigenvalue weighted by atomic mass is 16.5. The third kappa shape index (κ3) is 4.35. The highest BCUT2D eigenvalue weighted by Crippen LogP contribution is 2.31. The van der Waals surface area contributed by atoms with Crippen molar-refractivity contribution in [1.82, 2.24) is 0 Å². The maximum absolute atomic E-state index is 12.8. The van der Waals surface area contributed by atoms with Gasteiger partial charge in [-0.15, -0.1) is 0 Å². The van der Waals surface area contributed by atoms with E-state index in [1.807, 2.05) is 13.0 Å². The summed E-state index contributed by atoms with van der Waals surface area (Å²) in [6, 6.07) is 14.0. The summed E-state index contributed by atoms with van der Waals surface area (Å²) in [5.74, 6) is -0.351. The quantitative estimate of drug-likeness (QED) is 0.312. The molecule has 0 atom stereocenters. The number of esters is 1. The number of hydrogen-bond donors (Lipinski definition) is 0. The van der Waals surface area contributed by atoms with E-state index >= 15 is 0 Å². The van der Waals surface area contributed by atoms with Crippen molar-refractivity contribution in [2.24, 2.45) is 0 Å². The first-order valence-corrected chi connectivity index (χ1v) is 8.23. The van der Waals surface area contributed by atoms with E-state index in [9.17, 15) is 9.59 Å². The second kappa shape index (κ2) is 8.83. The van der Waals surface area contributed by atoms with Gasteiger partial charge >= 0.3 is 5.97 Å². The van der Waals surface area contributed by atoms with Crippen LogP contribution in [0, 0.1) is 0 Å². The predicted octanol–water partition coefficient (Wildman–Crippen LogP) is 4.28. The van der Waals surface area contributed by atoms with Gasteiger partial charge in [0, 0.05) is 11.1 Å². The maximum atomic E-state index is 12.8. The molecule has 4 heteroatoms. The van der Waals surface area contributed by atoms with Crippen LogP contribution in [0.2, 0.25) is 0 Å². The smallest absolute Gasteiger partial charge is 0.338 e. The van der Waals surface area contributed by atoms with Crippen molar-refractivity contribution in [2.45, 2.75) is 19.8 Å². The zero-order valence-corrected chi connectivity index (χ0v) is 14.6. The molecule has 0 saturated heterocycles. The molecule has 0 N–H and O–H groups in total. The van der Waals surface area contributed by atoms with Crippen molar-refractivity contribution in [1.29, 1.82) is 0 Å². The van der Waals surface area contributed by atoms with Gasteiger partial charge in [-0.05, 0) is 12.5 Å². The van der Waals surface area contributed by atoms with Crippen molar-refractivity contribution in [3.05, 3.63) is 71.8 Å². The number of hydrogen-bond acceptors (Lipinski definition) is 4. The number of ketones is 1. The number of methoxy groups -OCH3 is 1. The zero-order valence-electron chi connectivity index (χ0n) is 14.6. The fraction of sp³-hybridized carbons (Fsp3) is 0.238. The number of ether oxygens (including phenoxy) is 2. The van der Waals surface area contributed by atoms with Crippen LogP contribution in [0.3, 0.4) is 0 Å². The van der Waals surface area contributed by atoms with Crippen LogP contribution >= 0.6 is 0 Å². The molecule has 0 saturated carbocycles. The molecule has 0 heterocycles. The molecule has 0 amide bonds. The van der Waals surface area contributed by atoms with Crippen molar-refractivity contribution in [3.8, 4) is 5.75 Å². The highest BCUT2D eigenvalue weighted by Gasteiger charge is 2.21. The summed E-state index contributed by atoms with van der Waals surface area (Å²) in [5, 5.41) is 0. The minimum atomic E-state index is -0.504. The van der Waals surface area contributed by atoms with Crippen LogP contribution < -0.4 is 4.74 Å². The molecule has 0 radical (unpaired) electrons. The average Bonchev–Trinajstić information content (AvgIpc) is 2.66. The lowest BCUT2D eigenvalue weighted by atomic mass is 9.97. The molecule has 0 bridgehead atoms. The Morgan fingerprint density at radius 2 is 1.68 bits per heavy atom. The summed E-state index contributed by atoms with van der Waals surface area (Å²) in [7, 11) is 1.47. The molecule has 2 aromatic carbocycles. The van der Waals surface area contributed by atoms with Gasteiger partial charge in [0.15, 0.2) is 5.78 Å². The number of carbonyl (C=O) groups excluding carboxylic acids is 2. The van der Waals surface area contributed by atoms with E-state index in [2.05, 4.69) is 6.58 Å². The SMILES string of the molecule is C=C(C(=O)OCCCC)c1cccc(C(=O)c2ccccc2)c1OC. The summed E-state index contributed by atoms with van der Waals surface area (Å²) >= 11 is 0. The molecule has 0 aromatic heterocycles. The molecule has 0 spiro atoms. The summed E-state index contributed by atoms with van der Waals surface area (Å²) in [6.07, 6.45) is 1.73.